The number of nitrogens with zero attached hydrogens (tertiary/aromatic N) is 1. The van der Waals surface area contributed by atoms with Crippen molar-refractivity contribution in [2.45, 2.75) is 93.2 Å². The molecule has 55 heavy (non-hydrogen) atoms. The summed E-state index contributed by atoms with van der Waals surface area (Å²) < 4.78 is 26.1. The lowest BCUT2D eigenvalue weighted by atomic mass is 9.56. The minimum atomic E-state index is -1.10. The highest BCUT2D eigenvalue weighted by Crippen LogP contribution is 2.63. The number of unbranched alkanes of at least 4 members (excludes halogenated alkanes) is 2. The van der Waals surface area contributed by atoms with Crippen molar-refractivity contribution in [3.05, 3.63) is 102 Å². The van der Waals surface area contributed by atoms with Gasteiger partial charge in [0, 0.05) is 36.0 Å². The number of benzene rings is 3. The van der Waals surface area contributed by atoms with Crippen LogP contribution in [-0.2, 0) is 9.57 Å². The topological polar surface area (TPSA) is 116 Å². The third-order valence-corrected chi connectivity index (χ3v) is 12.0. The van der Waals surface area contributed by atoms with E-state index in [1.807, 2.05) is 51.1 Å². The molecular formula is C45H55NO8S. The van der Waals surface area contributed by atoms with Crippen LogP contribution in [0.5, 0.6) is 23.0 Å². The third-order valence-electron chi connectivity index (χ3n) is 10.6. The van der Waals surface area contributed by atoms with Gasteiger partial charge in [0.1, 0.15) is 28.6 Å². The highest BCUT2D eigenvalue weighted by atomic mass is 32.2. The highest BCUT2D eigenvalue weighted by Gasteiger charge is 2.64. The summed E-state index contributed by atoms with van der Waals surface area (Å²) in [5, 5.41) is 24.4. The number of allylic oxidation sites excluding steroid dienone is 1. The van der Waals surface area contributed by atoms with E-state index in [-0.39, 0.29) is 48.7 Å². The molecule has 6 rings (SSSR count). The van der Waals surface area contributed by atoms with E-state index in [4.69, 9.17) is 28.9 Å². The molecule has 10 heteroatoms. The van der Waals surface area contributed by atoms with Gasteiger partial charge in [-0.1, -0.05) is 48.3 Å². The molecule has 2 N–H and O–H groups in total. The summed E-state index contributed by atoms with van der Waals surface area (Å²) in [7, 11) is 1.53. The van der Waals surface area contributed by atoms with Gasteiger partial charge < -0.3 is 34.0 Å². The first-order valence-corrected chi connectivity index (χ1v) is 20.3. The van der Waals surface area contributed by atoms with Gasteiger partial charge in [0.05, 0.1) is 36.2 Å². The molecule has 0 spiro atoms. The Kier molecular flexibility index (Phi) is 13.5. The summed E-state index contributed by atoms with van der Waals surface area (Å²) in [6.45, 7) is 10.6. The van der Waals surface area contributed by atoms with Crippen LogP contribution in [0.4, 0.5) is 0 Å². The predicted molar refractivity (Wildman–Crippen MR) is 217 cm³/mol. The molecule has 0 unspecified atom stereocenters. The summed E-state index contributed by atoms with van der Waals surface area (Å²) in [4.78, 5) is 19.2. The molecule has 294 valence electrons. The third kappa shape index (κ3) is 9.15. The number of ether oxygens (including phenoxy) is 4. The second kappa shape index (κ2) is 18.2. The van der Waals surface area contributed by atoms with Crippen molar-refractivity contribution in [1.82, 2.24) is 0 Å². The highest BCUT2D eigenvalue weighted by molar-refractivity contribution is 8.00. The summed E-state index contributed by atoms with van der Waals surface area (Å²) >= 11 is 1.73. The SMILES string of the molecule is C=CCO[C@@]12Oc3ccc(Oc4ccc(OC)c(C=O)c4)cc3[C@H]3[C@H](CCCCO)[C@@H](CCCCO)C=C(C(=NOC(C)(C)C)C[C@@H]1Sc1ccccc1)[C@H]32. The van der Waals surface area contributed by atoms with E-state index in [0.29, 0.717) is 35.7 Å². The molecular weight excluding hydrogens is 715 g/mol. The molecule has 1 heterocycles. The Morgan fingerprint density at radius 1 is 0.982 bits per heavy atom. The summed E-state index contributed by atoms with van der Waals surface area (Å²) in [5.74, 6) is 1.18. The monoisotopic (exact) mass is 769 g/mol. The molecule has 0 saturated heterocycles. The minimum absolute atomic E-state index is 0.0876. The number of thioether (sulfide) groups is 1. The van der Waals surface area contributed by atoms with Gasteiger partial charge in [-0.25, -0.2) is 0 Å². The summed E-state index contributed by atoms with van der Waals surface area (Å²) in [5.41, 5.74) is 2.86. The standard InChI is InChI=1S/C45H55NO8S/c1-6-24-51-45-41(55-34-15-8-7-9-16-34)28-38(46-54-44(2,3)4)36-26-30(14-10-12-22-47)35(17-11-13-23-48)42(43(36)45)37-27-33(19-21-40(37)53-45)52-32-18-20-39(50-5)31(25-32)29-49/h6-9,15-16,18-21,25-27,29-30,35,41-43,47-48H,1,10-14,17,22-24,28H2,2-5H3/t30-,35+,41-,42+,43+,45+/m0/s1. The second-order valence-corrected chi connectivity index (χ2v) is 16.8. The minimum Gasteiger partial charge on any atom is -0.496 e. The average Bonchev–Trinajstić information content (AvgIpc) is 3.18. The number of methoxy groups -OCH3 is 1. The van der Waals surface area contributed by atoms with Gasteiger partial charge in [0.25, 0.3) is 0 Å². The van der Waals surface area contributed by atoms with E-state index in [9.17, 15) is 15.0 Å². The van der Waals surface area contributed by atoms with Gasteiger partial charge >= 0.3 is 0 Å². The number of aldehydes is 1. The average molecular weight is 770 g/mol. The molecule has 9 nitrogen and oxygen atoms in total. The maximum absolute atomic E-state index is 11.9. The molecule has 0 radical (unpaired) electrons. The van der Waals surface area contributed by atoms with Crippen molar-refractivity contribution in [1.29, 1.82) is 0 Å². The maximum Gasteiger partial charge on any atom is 0.231 e. The van der Waals surface area contributed by atoms with Crippen LogP contribution in [0.25, 0.3) is 0 Å². The zero-order valence-electron chi connectivity index (χ0n) is 32.4. The number of carbonyl (C=O) groups excluding carboxylic acids is 1. The van der Waals surface area contributed by atoms with Gasteiger partial charge in [0.15, 0.2) is 6.29 Å². The van der Waals surface area contributed by atoms with Crippen molar-refractivity contribution in [3.8, 4) is 23.0 Å². The van der Waals surface area contributed by atoms with Crippen molar-refractivity contribution in [2.24, 2.45) is 22.9 Å². The first-order valence-electron chi connectivity index (χ1n) is 19.4. The van der Waals surface area contributed by atoms with E-state index in [0.717, 1.165) is 65.9 Å². The number of aliphatic hydroxyl groups excluding tert-OH is 2. The van der Waals surface area contributed by atoms with Crippen molar-refractivity contribution >= 4 is 23.8 Å². The molecule has 1 fully saturated rings. The lowest BCUT2D eigenvalue weighted by molar-refractivity contribution is -0.223. The number of fused-ring (bicyclic) bond motifs is 2. The normalized spacial score (nSPS) is 24.9. The molecule has 0 aromatic heterocycles. The van der Waals surface area contributed by atoms with Crippen molar-refractivity contribution in [3.63, 3.8) is 0 Å². The van der Waals surface area contributed by atoms with Crippen molar-refractivity contribution < 1.29 is 38.8 Å². The van der Waals surface area contributed by atoms with Gasteiger partial charge in [0.2, 0.25) is 5.79 Å². The lowest BCUT2D eigenvalue weighted by Gasteiger charge is -2.58. The fourth-order valence-electron chi connectivity index (χ4n) is 8.35. The van der Waals surface area contributed by atoms with E-state index in [2.05, 4.69) is 30.9 Å². The number of hydrogen-bond donors (Lipinski definition) is 2. The van der Waals surface area contributed by atoms with Crippen LogP contribution in [0.2, 0.25) is 0 Å². The predicted octanol–water partition coefficient (Wildman–Crippen LogP) is 9.52. The molecule has 6 atom stereocenters. The Hall–Kier alpha value is -4.09. The van der Waals surface area contributed by atoms with Crippen LogP contribution in [-0.4, -0.2) is 65.8 Å². The van der Waals surface area contributed by atoms with E-state index in [1.54, 1.807) is 36.0 Å². The fraction of sp³-hybridized carbons (Fsp3) is 0.467. The molecule has 1 saturated carbocycles. The molecule has 0 amide bonds. The zero-order chi connectivity index (χ0) is 39.0. The van der Waals surface area contributed by atoms with E-state index >= 15 is 0 Å². The Morgan fingerprint density at radius 2 is 1.71 bits per heavy atom. The van der Waals surface area contributed by atoms with Gasteiger partial charge in [-0.2, -0.15) is 0 Å². The van der Waals surface area contributed by atoms with E-state index < -0.39 is 11.4 Å². The summed E-state index contributed by atoms with van der Waals surface area (Å²) in [6.07, 6.45) is 10.4. The lowest BCUT2D eigenvalue weighted by Crippen LogP contribution is -2.64. The first kappa shape index (κ1) is 40.6. The molecule has 0 bridgehead atoms. The Bertz CT molecular complexity index is 1840. The van der Waals surface area contributed by atoms with Crippen LogP contribution >= 0.6 is 11.8 Å². The van der Waals surface area contributed by atoms with Crippen LogP contribution in [0.3, 0.4) is 0 Å². The van der Waals surface area contributed by atoms with Crippen LogP contribution in [0, 0.1) is 17.8 Å². The number of hydrogen-bond acceptors (Lipinski definition) is 10. The maximum atomic E-state index is 11.9. The zero-order valence-corrected chi connectivity index (χ0v) is 33.3. The summed E-state index contributed by atoms with van der Waals surface area (Å²) in [6, 6.07) is 21.5. The fourth-order valence-corrected chi connectivity index (χ4v) is 9.66. The van der Waals surface area contributed by atoms with Gasteiger partial charge in [-0.05, 0) is 112 Å². The first-order chi connectivity index (χ1) is 26.6. The molecule has 3 aromatic rings. The quantitative estimate of drug-likeness (QED) is 0.0565. The molecule has 3 aliphatic rings. The van der Waals surface area contributed by atoms with Crippen LogP contribution in [0.15, 0.2) is 101 Å². The number of carbonyl (C=O) groups is 1. The van der Waals surface area contributed by atoms with Crippen molar-refractivity contribution in [2.75, 3.05) is 26.9 Å². The van der Waals surface area contributed by atoms with E-state index in [1.165, 1.54) is 7.11 Å². The smallest absolute Gasteiger partial charge is 0.231 e. The van der Waals surface area contributed by atoms with Crippen LogP contribution in [0.1, 0.15) is 87.6 Å². The van der Waals surface area contributed by atoms with Crippen LogP contribution < -0.4 is 14.2 Å². The largest absolute Gasteiger partial charge is 0.496 e. The number of aliphatic hydroxyl groups is 2. The van der Waals surface area contributed by atoms with Gasteiger partial charge in [-0.3, -0.25) is 4.79 Å². The molecule has 1 aliphatic heterocycles. The Morgan fingerprint density at radius 3 is 2.40 bits per heavy atom. The molecule has 2 aliphatic carbocycles. The molecule has 3 aromatic carbocycles. The van der Waals surface area contributed by atoms with Gasteiger partial charge in [-0.15, -0.1) is 18.3 Å². The second-order valence-electron chi connectivity index (χ2n) is 15.5. The Balaban J connectivity index is 1.56. The number of oxime groups is 1. The number of rotatable bonds is 18. The Labute approximate surface area is 329 Å².